The fourth-order valence-corrected chi connectivity index (χ4v) is 11.2. The van der Waals surface area contributed by atoms with Crippen molar-refractivity contribution in [1.29, 1.82) is 0 Å². The maximum absolute atomic E-state index is 3.90. The second-order valence-corrected chi connectivity index (χ2v) is 18.1. The van der Waals surface area contributed by atoms with Gasteiger partial charge in [-0.1, -0.05) is 218 Å². The molecule has 0 aromatic heterocycles. The Morgan fingerprint density at radius 3 is 1.53 bits per heavy atom. The first kappa shape index (κ1) is 39.8. The quantitative estimate of drug-likeness (QED) is 0.167. The van der Waals surface area contributed by atoms with Crippen LogP contribution in [-0.4, -0.2) is 0 Å². The highest BCUT2D eigenvalue weighted by atomic mass is 15.2. The SMILES string of the molecule is C1=C(c2ccc(-c3ccccc3)cc2)NC(c2ccccc2)NC1c1ccc(-c2cccc(-c3ccc4c(c3)C3(c5ccccc5-4)c4ccccc4N(c4ccccc4)c4ccccc43)c2)cc1. The highest BCUT2D eigenvalue weighted by Gasteiger charge is 2.51. The first-order valence-electron chi connectivity index (χ1n) is 23.7. The minimum atomic E-state index is -0.504. The summed E-state index contributed by atoms with van der Waals surface area (Å²) in [6.07, 6.45) is 2.28. The van der Waals surface area contributed by atoms with Crippen molar-refractivity contribution in [3.63, 3.8) is 0 Å². The number of anilines is 3. The summed E-state index contributed by atoms with van der Waals surface area (Å²) in [6.45, 7) is 0. The number of nitrogens with one attached hydrogen (secondary N) is 2. The third-order valence-corrected chi connectivity index (χ3v) is 14.4. The third-order valence-electron chi connectivity index (χ3n) is 14.4. The summed E-state index contributed by atoms with van der Waals surface area (Å²) in [5.74, 6) is 0. The standard InChI is InChI=1S/C65H47N3/c1-4-17-44(18-5-1)45-31-35-47(36-32-45)60-43-61(67-64(66-60)49-19-6-2-7-20-49)48-37-33-46(34-38-48)50-21-16-22-51(41-50)52-39-40-55-54-25-10-11-26-56(54)65(59(55)42-52)57-27-12-14-29-62(57)68(53-23-8-3-9-24-53)63-30-15-13-28-58(63)65/h1-43,61,64,66-67H. The van der Waals surface area contributed by atoms with Crippen LogP contribution in [0.3, 0.4) is 0 Å². The minimum absolute atomic E-state index is 0.00307. The molecule has 2 aliphatic heterocycles. The Bertz CT molecular complexity index is 3460. The van der Waals surface area contributed by atoms with Crippen LogP contribution in [0.4, 0.5) is 17.1 Å². The van der Waals surface area contributed by atoms with Gasteiger partial charge in [-0.3, -0.25) is 5.32 Å². The van der Waals surface area contributed by atoms with Crippen molar-refractivity contribution < 1.29 is 0 Å². The fraction of sp³-hybridized carbons (Fsp3) is 0.0462. The summed E-state index contributed by atoms with van der Waals surface area (Å²) >= 11 is 0. The molecule has 0 amide bonds. The molecule has 0 saturated carbocycles. The molecular weight excluding hydrogens is 823 g/mol. The number of benzene rings is 10. The predicted octanol–water partition coefficient (Wildman–Crippen LogP) is 15.8. The molecule has 2 heterocycles. The Hall–Kier alpha value is -8.50. The molecule has 3 aliphatic rings. The van der Waals surface area contributed by atoms with Crippen LogP contribution in [0.1, 0.15) is 51.2 Å². The van der Waals surface area contributed by atoms with Gasteiger partial charge in [-0.05, 0) is 126 Å². The zero-order valence-electron chi connectivity index (χ0n) is 37.4. The molecule has 3 nitrogen and oxygen atoms in total. The molecule has 2 unspecified atom stereocenters. The van der Waals surface area contributed by atoms with Gasteiger partial charge in [0, 0.05) is 11.4 Å². The molecule has 0 radical (unpaired) electrons. The maximum Gasteiger partial charge on any atom is 0.104 e. The average molecular weight is 870 g/mol. The Labute approximate surface area is 398 Å². The molecular formula is C65H47N3. The highest BCUT2D eigenvalue weighted by molar-refractivity contribution is 5.96. The van der Waals surface area contributed by atoms with E-state index < -0.39 is 5.41 Å². The van der Waals surface area contributed by atoms with Crippen LogP contribution in [0.25, 0.3) is 50.2 Å². The van der Waals surface area contributed by atoms with Crippen molar-refractivity contribution in [3.8, 4) is 44.5 Å². The first-order chi connectivity index (χ1) is 33.7. The molecule has 2 N–H and O–H groups in total. The number of para-hydroxylation sites is 3. The Balaban J connectivity index is 0.860. The van der Waals surface area contributed by atoms with E-state index in [1.165, 1.54) is 89.3 Å². The Morgan fingerprint density at radius 2 is 0.824 bits per heavy atom. The van der Waals surface area contributed by atoms with Gasteiger partial charge in [0.25, 0.3) is 0 Å². The van der Waals surface area contributed by atoms with E-state index in [2.05, 4.69) is 276 Å². The molecule has 0 saturated heterocycles. The second kappa shape index (κ2) is 16.4. The summed E-state index contributed by atoms with van der Waals surface area (Å²) < 4.78 is 0. The van der Waals surface area contributed by atoms with E-state index in [9.17, 15) is 0 Å². The van der Waals surface area contributed by atoms with Crippen molar-refractivity contribution in [2.45, 2.75) is 17.6 Å². The van der Waals surface area contributed by atoms with E-state index in [4.69, 9.17) is 0 Å². The largest absolute Gasteiger partial charge is 0.366 e. The van der Waals surface area contributed by atoms with Crippen molar-refractivity contribution >= 4 is 22.8 Å². The second-order valence-electron chi connectivity index (χ2n) is 18.1. The van der Waals surface area contributed by atoms with Gasteiger partial charge in [0.1, 0.15) is 6.17 Å². The molecule has 1 spiro atoms. The smallest absolute Gasteiger partial charge is 0.104 e. The molecule has 2 atom stereocenters. The number of fused-ring (bicyclic) bond motifs is 9. The molecule has 3 heteroatoms. The first-order valence-corrected chi connectivity index (χ1v) is 23.7. The van der Waals surface area contributed by atoms with Crippen molar-refractivity contribution in [3.05, 3.63) is 300 Å². The van der Waals surface area contributed by atoms with Gasteiger partial charge in [-0.2, -0.15) is 0 Å². The van der Waals surface area contributed by atoms with Crippen molar-refractivity contribution in [1.82, 2.24) is 10.6 Å². The van der Waals surface area contributed by atoms with Gasteiger partial charge in [-0.25, -0.2) is 0 Å². The summed E-state index contributed by atoms with van der Waals surface area (Å²) in [4.78, 5) is 2.44. The van der Waals surface area contributed by atoms with Crippen LogP contribution < -0.4 is 15.5 Å². The highest BCUT2D eigenvalue weighted by Crippen LogP contribution is 2.63. The van der Waals surface area contributed by atoms with Crippen LogP contribution in [0.2, 0.25) is 0 Å². The lowest BCUT2D eigenvalue weighted by Crippen LogP contribution is -2.39. The van der Waals surface area contributed by atoms with E-state index in [0.29, 0.717) is 0 Å². The number of hydrogen-bond donors (Lipinski definition) is 2. The Morgan fingerprint density at radius 1 is 0.338 bits per heavy atom. The van der Waals surface area contributed by atoms with Crippen LogP contribution >= 0.6 is 0 Å². The van der Waals surface area contributed by atoms with E-state index in [1.807, 2.05) is 0 Å². The molecule has 0 bridgehead atoms. The summed E-state index contributed by atoms with van der Waals surface area (Å²) in [7, 11) is 0. The maximum atomic E-state index is 3.90. The van der Waals surface area contributed by atoms with Gasteiger partial charge in [0.2, 0.25) is 0 Å². The minimum Gasteiger partial charge on any atom is -0.366 e. The number of nitrogens with zero attached hydrogens (tertiary/aromatic N) is 1. The molecule has 0 fully saturated rings. The van der Waals surface area contributed by atoms with Gasteiger partial charge in [0.05, 0.1) is 22.8 Å². The van der Waals surface area contributed by atoms with Crippen LogP contribution in [0.15, 0.2) is 261 Å². The molecule has 10 aromatic carbocycles. The molecule has 13 rings (SSSR count). The average Bonchev–Trinajstić information content (AvgIpc) is 3.71. The predicted molar refractivity (Wildman–Crippen MR) is 281 cm³/mol. The lowest BCUT2D eigenvalue weighted by Gasteiger charge is -2.45. The zero-order chi connectivity index (χ0) is 45.0. The molecule has 68 heavy (non-hydrogen) atoms. The zero-order valence-corrected chi connectivity index (χ0v) is 37.4. The fourth-order valence-electron chi connectivity index (χ4n) is 11.2. The molecule has 10 aromatic rings. The number of rotatable bonds is 7. The molecule has 1 aliphatic carbocycles. The van der Waals surface area contributed by atoms with Crippen molar-refractivity contribution in [2.75, 3.05) is 4.90 Å². The van der Waals surface area contributed by atoms with Crippen LogP contribution in [0.5, 0.6) is 0 Å². The Kier molecular flexibility index (Phi) is 9.62. The van der Waals surface area contributed by atoms with E-state index in [0.717, 1.165) is 16.9 Å². The third kappa shape index (κ3) is 6.54. The topological polar surface area (TPSA) is 27.3 Å². The van der Waals surface area contributed by atoms with Gasteiger partial charge < -0.3 is 10.2 Å². The lowest BCUT2D eigenvalue weighted by molar-refractivity contribution is 0.442. The summed E-state index contributed by atoms with van der Waals surface area (Å²) in [6, 6.07) is 93.4. The van der Waals surface area contributed by atoms with E-state index in [1.54, 1.807) is 0 Å². The van der Waals surface area contributed by atoms with Gasteiger partial charge >= 0.3 is 0 Å². The number of hydrogen-bond acceptors (Lipinski definition) is 3. The van der Waals surface area contributed by atoms with E-state index in [-0.39, 0.29) is 12.2 Å². The van der Waals surface area contributed by atoms with Crippen LogP contribution in [-0.2, 0) is 5.41 Å². The van der Waals surface area contributed by atoms with E-state index >= 15 is 0 Å². The summed E-state index contributed by atoms with van der Waals surface area (Å²) in [5, 5.41) is 7.71. The normalized spacial score (nSPS) is 16.2. The summed E-state index contributed by atoms with van der Waals surface area (Å²) in [5.41, 5.74) is 22.8. The van der Waals surface area contributed by atoms with Crippen molar-refractivity contribution in [2.24, 2.45) is 0 Å². The molecule has 322 valence electrons. The van der Waals surface area contributed by atoms with Gasteiger partial charge in [-0.15, -0.1) is 0 Å². The lowest BCUT2D eigenvalue weighted by atomic mass is 9.64. The van der Waals surface area contributed by atoms with Crippen LogP contribution in [0, 0.1) is 0 Å². The van der Waals surface area contributed by atoms with Gasteiger partial charge in [0.15, 0.2) is 0 Å². The monoisotopic (exact) mass is 869 g/mol.